The first-order valence-electron chi connectivity index (χ1n) is 17.1. The number of hydrogen-bond donors (Lipinski definition) is 0. The van der Waals surface area contributed by atoms with E-state index >= 15 is 0 Å². The zero-order chi connectivity index (χ0) is 29.5. The highest BCUT2D eigenvalue weighted by molar-refractivity contribution is 8.07. The Kier molecular flexibility index (Phi) is 6.73. The van der Waals surface area contributed by atoms with E-state index in [9.17, 15) is 0 Å². The predicted octanol–water partition coefficient (Wildman–Crippen LogP) is 11.7. The Morgan fingerprint density at radius 2 is 1.69 bits per heavy atom. The maximum Gasteiger partial charge on any atom is 0.0450 e. The van der Waals surface area contributed by atoms with E-state index in [0.717, 1.165) is 6.42 Å². The number of allylic oxidation sites excluding steroid dienone is 24. The van der Waals surface area contributed by atoms with Crippen molar-refractivity contribution in [2.75, 3.05) is 0 Å². The molecule has 0 amide bonds. The van der Waals surface area contributed by atoms with Gasteiger partial charge in [0, 0.05) is 48.9 Å². The molecule has 7 aliphatic carbocycles. The summed E-state index contributed by atoms with van der Waals surface area (Å²) in [7, 11) is 0. The van der Waals surface area contributed by atoms with Crippen molar-refractivity contribution in [3.05, 3.63) is 161 Å². The van der Waals surface area contributed by atoms with E-state index in [1.807, 2.05) is 0 Å². The summed E-state index contributed by atoms with van der Waals surface area (Å²) in [5.41, 5.74) is 12.8. The van der Waals surface area contributed by atoms with Gasteiger partial charge in [0.05, 0.1) is 0 Å². The fraction of sp³-hybridized carbons (Fsp3) is 0.333. The van der Waals surface area contributed by atoms with Crippen LogP contribution >= 0.6 is 35.3 Å². The summed E-state index contributed by atoms with van der Waals surface area (Å²) in [5.74, 6) is 2.00. The van der Waals surface area contributed by atoms with Crippen LogP contribution in [0.2, 0.25) is 0 Å². The Balaban J connectivity index is 1.07. The molecule has 0 aromatic carbocycles. The van der Waals surface area contributed by atoms with Gasteiger partial charge in [-0.25, -0.2) is 0 Å². The first-order valence-corrected chi connectivity index (χ1v) is 19.7. The maximum absolute atomic E-state index is 2.72. The quantitative estimate of drug-likeness (QED) is 0.302. The average molecular weight is 639 g/mol. The summed E-state index contributed by atoms with van der Waals surface area (Å²) in [6, 6.07) is 0. The Hall–Kier alpha value is -2.59. The van der Waals surface area contributed by atoms with Crippen LogP contribution in [0.25, 0.3) is 0 Å². The van der Waals surface area contributed by atoms with Crippen LogP contribution in [-0.2, 0) is 0 Å². The number of rotatable bonds is 3. The monoisotopic (exact) mass is 638 g/mol. The molecule has 0 spiro atoms. The van der Waals surface area contributed by atoms with Crippen LogP contribution in [0, 0.1) is 23.7 Å². The molecule has 6 unspecified atom stereocenters. The van der Waals surface area contributed by atoms with E-state index in [-0.39, 0.29) is 0 Å². The average Bonchev–Trinajstić information content (AvgIpc) is 3.79. The molecular weight excluding hydrogens is 601 g/mol. The second-order valence-electron chi connectivity index (χ2n) is 13.8. The molecule has 3 aliphatic heterocycles. The van der Waals surface area contributed by atoms with Gasteiger partial charge in [0.25, 0.3) is 0 Å². The number of hydrogen-bond acceptors (Lipinski definition) is 3. The SMILES string of the molecule is C1=CC2SC3=C(C4=CC(C5C=CC=C6C7=C(CCC=C7)SC65)=CC(C5=C6SC7=C(CCC=C7)C6CC=C5)C4)CCC=C3C2C=C1. The maximum atomic E-state index is 2.72. The van der Waals surface area contributed by atoms with Gasteiger partial charge in [-0.05, 0) is 101 Å². The van der Waals surface area contributed by atoms with E-state index in [0.29, 0.717) is 34.2 Å². The molecule has 1 fully saturated rings. The van der Waals surface area contributed by atoms with E-state index in [2.05, 4.69) is 133 Å². The standard InChI is InChI=1S/C42H38S3/c1-4-19-37-31(10-1)34-16-7-13-28(40(34)43-37)25-22-26(29-14-8-17-35-32-11-2-5-20-38(32)44-41(29)35)24-27(23-25)30-15-9-18-36-33-12-3-6-21-39(33)45-42(30)36/h1-2,4,6,8-11,14-17,19,21-22,24,27,29,31,36-37,41H,3,5,7,12-13,18,20,23H2. The summed E-state index contributed by atoms with van der Waals surface area (Å²) < 4.78 is 0. The molecule has 3 heteroatoms. The first kappa shape index (κ1) is 27.5. The molecular formula is C42H38S3. The molecule has 0 aromatic rings. The van der Waals surface area contributed by atoms with Gasteiger partial charge in [0.1, 0.15) is 0 Å². The summed E-state index contributed by atoms with van der Waals surface area (Å²) in [4.78, 5) is 6.43. The van der Waals surface area contributed by atoms with Gasteiger partial charge in [0.2, 0.25) is 0 Å². The second-order valence-corrected chi connectivity index (χ2v) is 17.3. The van der Waals surface area contributed by atoms with Crippen LogP contribution in [0.1, 0.15) is 51.4 Å². The van der Waals surface area contributed by atoms with Gasteiger partial charge in [-0.3, -0.25) is 0 Å². The van der Waals surface area contributed by atoms with Crippen LogP contribution < -0.4 is 0 Å². The topological polar surface area (TPSA) is 0 Å². The third-order valence-electron chi connectivity index (χ3n) is 11.3. The van der Waals surface area contributed by atoms with Crippen LogP contribution in [0.3, 0.4) is 0 Å². The summed E-state index contributed by atoms with van der Waals surface area (Å²) in [5, 5.41) is 1.05. The van der Waals surface area contributed by atoms with Crippen molar-refractivity contribution in [2.45, 2.75) is 61.9 Å². The van der Waals surface area contributed by atoms with Gasteiger partial charge >= 0.3 is 0 Å². The largest absolute Gasteiger partial charge is 0.121 e. The molecule has 0 radical (unpaired) electrons. The van der Waals surface area contributed by atoms with Crippen molar-refractivity contribution in [3.8, 4) is 0 Å². The van der Waals surface area contributed by atoms with Crippen molar-refractivity contribution in [3.63, 3.8) is 0 Å². The van der Waals surface area contributed by atoms with Crippen molar-refractivity contribution < 1.29 is 0 Å². The fourth-order valence-corrected chi connectivity index (χ4v) is 13.9. The molecule has 0 bridgehead atoms. The van der Waals surface area contributed by atoms with Crippen LogP contribution in [0.15, 0.2) is 161 Å². The van der Waals surface area contributed by atoms with Gasteiger partial charge in [-0.1, -0.05) is 109 Å². The molecule has 10 aliphatic rings. The smallest absolute Gasteiger partial charge is 0.0450 e. The van der Waals surface area contributed by atoms with Crippen molar-refractivity contribution in [1.82, 2.24) is 0 Å². The lowest BCUT2D eigenvalue weighted by Crippen LogP contribution is -2.23. The van der Waals surface area contributed by atoms with Crippen LogP contribution in [0.5, 0.6) is 0 Å². The first-order chi connectivity index (χ1) is 22.3. The molecule has 0 N–H and O–H groups in total. The number of fused-ring (bicyclic) bond motifs is 7. The molecule has 0 aromatic heterocycles. The molecule has 10 rings (SSSR count). The van der Waals surface area contributed by atoms with E-state index in [4.69, 9.17) is 0 Å². The Labute approximate surface area is 280 Å². The lowest BCUT2D eigenvalue weighted by Gasteiger charge is -2.34. The predicted molar refractivity (Wildman–Crippen MR) is 197 cm³/mol. The molecule has 224 valence electrons. The van der Waals surface area contributed by atoms with Gasteiger partial charge in [0.15, 0.2) is 0 Å². The highest BCUT2D eigenvalue weighted by Crippen LogP contribution is 2.58. The molecule has 6 atom stereocenters. The van der Waals surface area contributed by atoms with E-state index in [1.54, 1.807) is 58.6 Å². The molecule has 0 nitrogen and oxygen atoms in total. The second kappa shape index (κ2) is 11.0. The lowest BCUT2D eigenvalue weighted by atomic mass is 9.73. The Morgan fingerprint density at radius 1 is 0.778 bits per heavy atom. The summed E-state index contributed by atoms with van der Waals surface area (Å²) >= 11 is 6.41. The minimum atomic E-state index is 0.417. The minimum absolute atomic E-state index is 0.417. The Morgan fingerprint density at radius 3 is 2.69 bits per heavy atom. The Bertz CT molecular complexity index is 1850. The van der Waals surface area contributed by atoms with Gasteiger partial charge < -0.3 is 0 Å². The van der Waals surface area contributed by atoms with Crippen LogP contribution in [0.4, 0.5) is 0 Å². The van der Waals surface area contributed by atoms with E-state index < -0.39 is 0 Å². The summed E-state index contributed by atoms with van der Waals surface area (Å²) in [6.45, 7) is 0. The minimum Gasteiger partial charge on any atom is -0.121 e. The molecule has 0 saturated carbocycles. The molecule has 45 heavy (non-hydrogen) atoms. The normalized spacial score (nSPS) is 35.6. The van der Waals surface area contributed by atoms with Gasteiger partial charge in [-0.15, -0.1) is 23.5 Å². The number of thioether (sulfide) groups is 3. The molecule has 1 saturated heterocycles. The third kappa shape index (κ3) is 4.44. The zero-order valence-corrected chi connectivity index (χ0v) is 28.0. The summed E-state index contributed by atoms with van der Waals surface area (Å²) in [6.07, 6.45) is 48.8. The zero-order valence-electron chi connectivity index (χ0n) is 25.6. The van der Waals surface area contributed by atoms with E-state index in [1.165, 1.54) is 50.5 Å². The van der Waals surface area contributed by atoms with Crippen molar-refractivity contribution in [2.24, 2.45) is 23.7 Å². The van der Waals surface area contributed by atoms with Gasteiger partial charge in [-0.2, -0.15) is 0 Å². The fourth-order valence-electron chi connectivity index (χ4n) is 9.25. The van der Waals surface area contributed by atoms with Crippen LogP contribution in [-0.4, -0.2) is 10.5 Å². The third-order valence-corrected chi connectivity index (χ3v) is 15.7. The highest BCUT2D eigenvalue weighted by Gasteiger charge is 2.41. The molecule has 3 heterocycles. The lowest BCUT2D eigenvalue weighted by molar-refractivity contribution is 0.656. The van der Waals surface area contributed by atoms with Crippen molar-refractivity contribution in [1.29, 1.82) is 0 Å². The highest BCUT2D eigenvalue weighted by atomic mass is 32.2. The van der Waals surface area contributed by atoms with Crippen molar-refractivity contribution >= 4 is 35.3 Å².